The van der Waals surface area contributed by atoms with Crippen LogP contribution in [0.4, 0.5) is 0 Å². The minimum atomic E-state index is -0.934. The Kier molecular flexibility index (Phi) is 8.30. The molecule has 36 heavy (non-hydrogen) atoms. The van der Waals surface area contributed by atoms with Crippen molar-refractivity contribution in [3.05, 3.63) is 46.6 Å². The van der Waals surface area contributed by atoms with E-state index in [0.29, 0.717) is 30.9 Å². The van der Waals surface area contributed by atoms with Crippen LogP contribution < -0.4 is 10.5 Å². The maximum Gasteiger partial charge on any atom is 0.259 e. The van der Waals surface area contributed by atoms with E-state index in [0.717, 1.165) is 22.3 Å². The summed E-state index contributed by atoms with van der Waals surface area (Å²) in [6.07, 6.45) is 1.19. The van der Waals surface area contributed by atoms with E-state index >= 15 is 0 Å². The van der Waals surface area contributed by atoms with Gasteiger partial charge in [0.2, 0.25) is 17.6 Å². The Morgan fingerprint density at radius 1 is 1.33 bits per heavy atom. The number of aliphatic hydroxyl groups excluding tert-OH is 1. The maximum atomic E-state index is 12.6. The zero-order valence-electron chi connectivity index (χ0n) is 20.6. The average molecular weight is 513 g/mol. The number of ether oxygens (including phenoxy) is 1. The van der Waals surface area contributed by atoms with E-state index in [2.05, 4.69) is 21.2 Å². The highest BCUT2D eigenvalue weighted by Gasteiger charge is 2.29. The lowest BCUT2D eigenvalue weighted by atomic mass is 9.91. The van der Waals surface area contributed by atoms with Crippen molar-refractivity contribution in [2.45, 2.75) is 58.9 Å². The molecule has 0 fully saturated rings. The molecule has 0 spiro atoms. The highest BCUT2D eigenvalue weighted by molar-refractivity contribution is 5.85. The number of nitrogens with two attached hydrogens (primary N) is 1. The number of nitrogens with zero attached hydrogens (tertiary/aromatic N) is 5. The number of hydrogen-bond acceptors (Lipinski definition) is 9. The van der Waals surface area contributed by atoms with Crippen LogP contribution >= 0.6 is 12.4 Å². The molecule has 3 aromatic rings. The highest BCUT2D eigenvalue weighted by Crippen LogP contribution is 2.32. The molecule has 190 valence electrons. The number of carbonyl (C=O) groups excluding carboxylic acids is 1. The summed E-state index contributed by atoms with van der Waals surface area (Å²) in [5, 5.41) is 23.3. The first-order valence-corrected chi connectivity index (χ1v) is 11.4. The topological polar surface area (TPSA) is 151 Å². The van der Waals surface area contributed by atoms with Gasteiger partial charge in [0.25, 0.3) is 5.89 Å². The van der Waals surface area contributed by atoms with Crippen molar-refractivity contribution in [1.82, 2.24) is 20.0 Å². The van der Waals surface area contributed by atoms with E-state index < -0.39 is 12.1 Å². The lowest BCUT2D eigenvalue weighted by molar-refractivity contribution is -0.135. The summed E-state index contributed by atoms with van der Waals surface area (Å²) < 4.78 is 11.1. The molecule has 2 atom stereocenters. The zero-order chi connectivity index (χ0) is 25.3. The Labute approximate surface area is 215 Å². The van der Waals surface area contributed by atoms with Gasteiger partial charge in [-0.25, -0.2) is 4.98 Å². The number of halogens is 1. The molecular formula is C25H29ClN6O4. The van der Waals surface area contributed by atoms with Gasteiger partial charge >= 0.3 is 0 Å². The number of benzene rings is 1. The van der Waals surface area contributed by atoms with Crippen LogP contribution in [0, 0.1) is 18.3 Å². The number of rotatable bonds is 6. The van der Waals surface area contributed by atoms with E-state index in [1.54, 1.807) is 17.2 Å². The third-order valence-corrected chi connectivity index (χ3v) is 6.04. The van der Waals surface area contributed by atoms with Crippen LogP contribution in [0.3, 0.4) is 0 Å². The summed E-state index contributed by atoms with van der Waals surface area (Å²) in [6.45, 7) is 8.18. The van der Waals surface area contributed by atoms with Gasteiger partial charge in [0.1, 0.15) is 17.7 Å². The smallest absolute Gasteiger partial charge is 0.259 e. The van der Waals surface area contributed by atoms with Crippen LogP contribution in [0.5, 0.6) is 5.88 Å². The van der Waals surface area contributed by atoms with Crippen LogP contribution in [0.15, 0.2) is 28.9 Å². The first-order chi connectivity index (χ1) is 16.7. The molecule has 0 saturated carbocycles. The lowest BCUT2D eigenvalue weighted by Crippen LogP contribution is -2.50. The van der Waals surface area contributed by atoms with Gasteiger partial charge in [-0.05, 0) is 56.9 Å². The van der Waals surface area contributed by atoms with Gasteiger partial charge in [-0.3, -0.25) is 4.79 Å². The third-order valence-electron chi connectivity index (χ3n) is 6.04. The summed E-state index contributed by atoms with van der Waals surface area (Å²) in [5.74, 6) is 0.681. The minimum Gasteiger partial charge on any atom is -0.474 e. The molecule has 10 nitrogen and oxygen atoms in total. The second-order valence-electron chi connectivity index (χ2n) is 8.93. The molecule has 0 aliphatic carbocycles. The van der Waals surface area contributed by atoms with E-state index in [1.807, 2.05) is 32.9 Å². The molecule has 1 aliphatic heterocycles. The molecular weight excluding hydrogens is 484 g/mol. The Morgan fingerprint density at radius 3 is 2.75 bits per heavy atom. The van der Waals surface area contributed by atoms with Gasteiger partial charge in [-0.15, -0.1) is 12.4 Å². The van der Waals surface area contributed by atoms with Gasteiger partial charge in [0.05, 0.1) is 17.8 Å². The standard InChI is InChI=1S/C25H28N6O4.ClH/c1-13(2)34-23-17(10-26)9-18(11-28-23)24-29-22(30-35-24)20-6-5-16-12-31(8-7-19(16)14(20)3)25(33)21(27)15(4)32;/h5-6,9,11,13,15,21,32H,7-8,12,27H2,1-4H3;1H/t15?,21-;/m0./s1. The molecule has 1 unspecified atom stereocenters. The lowest BCUT2D eigenvalue weighted by Gasteiger charge is -2.32. The third kappa shape index (κ3) is 5.33. The summed E-state index contributed by atoms with van der Waals surface area (Å²) in [6, 6.07) is 6.63. The Balaban J connectivity index is 0.00000361. The number of fused-ring (bicyclic) bond motifs is 1. The molecule has 4 rings (SSSR count). The first kappa shape index (κ1) is 27.1. The minimum absolute atomic E-state index is 0. The molecule has 1 aliphatic rings. The maximum absolute atomic E-state index is 12.6. The van der Waals surface area contributed by atoms with Crippen molar-refractivity contribution in [2.24, 2.45) is 5.73 Å². The van der Waals surface area contributed by atoms with Crippen molar-refractivity contribution in [3.63, 3.8) is 0 Å². The van der Waals surface area contributed by atoms with Gasteiger partial charge in [0.15, 0.2) is 0 Å². The summed E-state index contributed by atoms with van der Waals surface area (Å²) in [4.78, 5) is 23.0. The van der Waals surface area contributed by atoms with Crippen LogP contribution in [0.25, 0.3) is 22.8 Å². The molecule has 1 aromatic carbocycles. The van der Waals surface area contributed by atoms with Gasteiger partial charge in [0, 0.05) is 24.8 Å². The number of amides is 1. The zero-order valence-corrected chi connectivity index (χ0v) is 21.4. The second kappa shape index (κ2) is 11.0. The highest BCUT2D eigenvalue weighted by atomic mass is 35.5. The summed E-state index contributed by atoms with van der Waals surface area (Å²) in [7, 11) is 0. The van der Waals surface area contributed by atoms with Crippen molar-refractivity contribution < 1.29 is 19.2 Å². The Bertz CT molecular complexity index is 1300. The molecule has 3 N–H and O–H groups in total. The SMILES string of the molecule is Cc1c(-c2noc(-c3cnc(OC(C)C)c(C#N)c3)n2)ccc2c1CCN(C(=O)[C@@H](N)C(C)O)C2.Cl. The van der Waals surface area contributed by atoms with Crippen molar-refractivity contribution in [2.75, 3.05) is 6.54 Å². The fraction of sp³-hybridized carbons (Fsp3) is 0.400. The molecule has 2 aromatic heterocycles. The number of aromatic nitrogens is 3. The van der Waals surface area contributed by atoms with Crippen LogP contribution in [-0.4, -0.2) is 55.8 Å². The molecule has 3 heterocycles. The monoisotopic (exact) mass is 512 g/mol. The first-order valence-electron chi connectivity index (χ1n) is 11.4. The molecule has 1 amide bonds. The number of carbonyl (C=O) groups is 1. The Morgan fingerprint density at radius 2 is 2.08 bits per heavy atom. The predicted octanol–water partition coefficient (Wildman–Crippen LogP) is 2.78. The molecule has 11 heteroatoms. The number of aliphatic hydroxyl groups is 1. The molecule has 0 saturated heterocycles. The number of nitriles is 1. The molecule has 0 bridgehead atoms. The van der Waals surface area contributed by atoms with E-state index in [1.165, 1.54) is 6.92 Å². The second-order valence-corrected chi connectivity index (χ2v) is 8.93. The van der Waals surface area contributed by atoms with Crippen molar-refractivity contribution in [3.8, 4) is 34.8 Å². The van der Waals surface area contributed by atoms with E-state index in [-0.39, 0.29) is 41.8 Å². The van der Waals surface area contributed by atoms with Gasteiger partial charge < -0.3 is 25.0 Å². The Hall–Kier alpha value is -3.52. The number of pyridine rings is 1. The van der Waals surface area contributed by atoms with E-state index in [9.17, 15) is 15.2 Å². The largest absolute Gasteiger partial charge is 0.474 e. The fourth-order valence-corrected chi connectivity index (χ4v) is 4.10. The van der Waals surface area contributed by atoms with Crippen LogP contribution in [0.2, 0.25) is 0 Å². The predicted molar refractivity (Wildman–Crippen MR) is 134 cm³/mol. The van der Waals surface area contributed by atoms with Gasteiger partial charge in [-0.2, -0.15) is 10.2 Å². The number of hydrogen-bond donors (Lipinski definition) is 2. The van der Waals surface area contributed by atoms with Crippen LogP contribution in [0.1, 0.15) is 43.0 Å². The molecule has 0 radical (unpaired) electrons. The van der Waals surface area contributed by atoms with E-state index in [4.69, 9.17) is 15.0 Å². The quantitative estimate of drug-likeness (QED) is 0.507. The van der Waals surface area contributed by atoms with Crippen molar-refractivity contribution >= 4 is 18.3 Å². The van der Waals surface area contributed by atoms with Crippen molar-refractivity contribution in [1.29, 1.82) is 5.26 Å². The summed E-state index contributed by atoms with van der Waals surface area (Å²) in [5.41, 5.74) is 10.6. The normalized spacial score (nSPS) is 14.4. The van der Waals surface area contributed by atoms with Gasteiger partial charge in [-0.1, -0.05) is 17.3 Å². The fourth-order valence-electron chi connectivity index (χ4n) is 4.10. The summed E-state index contributed by atoms with van der Waals surface area (Å²) >= 11 is 0. The average Bonchev–Trinajstić information content (AvgIpc) is 3.33. The van der Waals surface area contributed by atoms with Crippen LogP contribution in [-0.2, 0) is 17.8 Å².